The van der Waals surface area contributed by atoms with Gasteiger partial charge in [-0.05, 0) is 41.2 Å². The van der Waals surface area contributed by atoms with Crippen LogP contribution in [0, 0.1) is 0 Å². The van der Waals surface area contributed by atoms with E-state index in [0.717, 1.165) is 27.0 Å². The zero-order chi connectivity index (χ0) is 21.7. The maximum Gasteiger partial charge on any atom is 0.331 e. The van der Waals surface area contributed by atoms with Gasteiger partial charge >= 0.3 is 5.97 Å². The van der Waals surface area contributed by atoms with Crippen LogP contribution in [0.25, 0.3) is 16.3 Å². The summed E-state index contributed by atoms with van der Waals surface area (Å²) in [6.45, 7) is 8.00. The Bertz CT molecular complexity index is 1020. The zero-order valence-electron chi connectivity index (χ0n) is 17.6. The number of carbonyl (C=O) groups is 2. The molecular formula is C24H26N2O3S. The molecule has 1 N–H and O–H groups in total. The van der Waals surface area contributed by atoms with E-state index in [1.165, 1.54) is 17.4 Å². The average molecular weight is 423 g/mol. The molecule has 3 rings (SSSR count). The molecule has 3 aromatic rings. The van der Waals surface area contributed by atoms with Gasteiger partial charge in [-0.3, -0.25) is 4.79 Å². The van der Waals surface area contributed by atoms with Crippen LogP contribution in [0.4, 0.5) is 5.69 Å². The molecule has 0 aliphatic rings. The van der Waals surface area contributed by atoms with Gasteiger partial charge in [0.1, 0.15) is 5.01 Å². The third-order valence-electron chi connectivity index (χ3n) is 4.66. The minimum atomic E-state index is -0.578. The normalized spacial score (nSPS) is 11.5. The topological polar surface area (TPSA) is 68.3 Å². The number of thiazole rings is 1. The number of carbonyl (C=O) groups excluding carboxylic acids is 2. The summed E-state index contributed by atoms with van der Waals surface area (Å²) in [5.74, 6) is -0.408. The Morgan fingerprint density at radius 2 is 1.70 bits per heavy atom. The molecule has 0 saturated carbocycles. The van der Waals surface area contributed by atoms with Crippen molar-refractivity contribution < 1.29 is 14.3 Å². The lowest BCUT2D eigenvalue weighted by atomic mass is 9.92. The second-order valence-corrected chi connectivity index (χ2v) is 8.69. The van der Waals surface area contributed by atoms with Gasteiger partial charge in [0, 0.05) is 11.8 Å². The van der Waals surface area contributed by atoms with Crippen LogP contribution in [0.15, 0.2) is 48.5 Å². The van der Waals surface area contributed by atoms with Gasteiger partial charge in [0.2, 0.25) is 0 Å². The van der Waals surface area contributed by atoms with E-state index >= 15 is 0 Å². The van der Waals surface area contributed by atoms with Gasteiger partial charge in [-0.2, -0.15) is 0 Å². The number of aromatic nitrogens is 1. The largest absolute Gasteiger partial charge is 0.452 e. The number of para-hydroxylation sites is 2. The van der Waals surface area contributed by atoms with Crippen molar-refractivity contribution in [2.24, 2.45) is 0 Å². The maximum absolute atomic E-state index is 12.4. The summed E-state index contributed by atoms with van der Waals surface area (Å²) in [7, 11) is 0. The molecule has 0 spiro atoms. The Balaban J connectivity index is 1.61. The van der Waals surface area contributed by atoms with Crippen LogP contribution in [0.1, 0.15) is 55.7 Å². The summed E-state index contributed by atoms with van der Waals surface area (Å²) in [4.78, 5) is 28.9. The molecule has 1 aromatic heterocycles. The molecular weight excluding hydrogens is 396 g/mol. The van der Waals surface area contributed by atoms with E-state index in [9.17, 15) is 9.59 Å². The Hall–Kier alpha value is -2.99. The highest BCUT2D eigenvalue weighted by Gasteiger charge is 2.16. The van der Waals surface area contributed by atoms with Crippen molar-refractivity contribution in [3.63, 3.8) is 0 Å². The number of nitrogens with one attached hydrogen (secondary N) is 1. The third kappa shape index (κ3) is 5.33. The molecule has 0 aliphatic heterocycles. The van der Waals surface area contributed by atoms with Gasteiger partial charge in [-0.15, -0.1) is 11.3 Å². The minimum Gasteiger partial charge on any atom is -0.452 e. The highest BCUT2D eigenvalue weighted by Crippen LogP contribution is 2.32. The summed E-state index contributed by atoms with van der Waals surface area (Å²) in [5.41, 5.74) is 3.83. The number of anilines is 1. The molecule has 5 nitrogen and oxygen atoms in total. The summed E-state index contributed by atoms with van der Waals surface area (Å²) in [6.07, 6.45) is 2.91. The lowest BCUT2D eigenvalue weighted by molar-refractivity contribution is -0.142. The van der Waals surface area contributed by atoms with E-state index in [-0.39, 0.29) is 24.3 Å². The van der Waals surface area contributed by atoms with Gasteiger partial charge in [-0.25, -0.2) is 9.78 Å². The molecule has 0 radical (unpaired) electrons. The van der Waals surface area contributed by atoms with Gasteiger partial charge < -0.3 is 10.1 Å². The molecule has 0 atom stereocenters. The maximum atomic E-state index is 12.4. The van der Waals surface area contributed by atoms with Crippen LogP contribution in [0.2, 0.25) is 0 Å². The van der Waals surface area contributed by atoms with E-state index in [1.54, 1.807) is 6.08 Å². The van der Waals surface area contributed by atoms with E-state index < -0.39 is 5.97 Å². The molecule has 0 saturated heterocycles. The number of ether oxygens (including phenoxy) is 1. The molecule has 1 heterocycles. The fourth-order valence-electron chi connectivity index (χ4n) is 3.16. The van der Waals surface area contributed by atoms with E-state index in [1.807, 2.05) is 42.5 Å². The standard InChI is InChI=1S/C24H26N2O3S/c1-15(2)17-8-7-9-18(16(3)4)24(17)26-21(27)14-29-23(28)13-12-22-25-19-10-5-6-11-20(19)30-22/h5-13,15-16H,14H2,1-4H3,(H,26,27)/b13-12+. The van der Waals surface area contributed by atoms with Crippen LogP contribution >= 0.6 is 11.3 Å². The zero-order valence-corrected chi connectivity index (χ0v) is 18.5. The predicted octanol–water partition coefficient (Wildman–Crippen LogP) is 5.74. The van der Waals surface area contributed by atoms with Gasteiger partial charge in [0.15, 0.2) is 6.61 Å². The van der Waals surface area contributed by atoms with Crippen LogP contribution < -0.4 is 5.32 Å². The molecule has 2 aromatic carbocycles. The number of nitrogens with zero attached hydrogens (tertiary/aromatic N) is 1. The van der Waals surface area contributed by atoms with Gasteiger partial charge in [0.25, 0.3) is 5.91 Å². The smallest absolute Gasteiger partial charge is 0.331 e. The first-order valence-corrected chi connectivity index (χ1v) is 10.8. The molecule has 0 aliphatic carbocycles. The number of hydrogen-bond donors (Lipinski definition) is 1. The number of esters is 1. The molecule has 156 valence electrons. The first-order valence-electron chi connectivity index (χ1n) is 9.98. The first kappa shape index (κ1) is 21.7. The minimum absolute atomic E-state index is 0.262. The Labute approximate surface area is 180 Å². The lowest BCUT2D eigenvalue weighted by Crippen LogP contribution is -2.22. The number of amides is 1. The van der Waals surface area contributed by atoms with Crippen molar-refractivity contribution in [3.8, 4) is 0 Å². The van der Waals surface area contributed by atoms with Crippen molar-refractivity contribution in [1.82, 2.24) is 4.98 Å². The molecule has 0 bridgehead atoms. The van der Waals surface area contributed by atoms with Crippen LogP contribution in [-0.2, 0) is 14.3 Å². The first-order chi connectivity index (χ1) is 14.3. The van der Waals surface area contributed by atoms with Crippen molar-refractivity contribution in [3.05, 3.63) is 64.7 Å². The van der Waals surface area contributed by atoms with Crippen molar-refractivity contribution >= 4 is 45.2 Å². The van der Waals surface area contributed by atoms with E-state index in [4.69, 9.17) is 4.74 Å². The number of hydrogen-bond acceptors (Lipinski definition) is 5. The number of rotatable bonds is 7. The quantitative estimate of drug-likeness (QED) is 0.389. The van der Waals surface area contributed by atoms with Crippen molar-refractivity contribution in [1.29, 1.82) is 0 Å². The second-order valence-electron chi connectivity index (χ2n) is 7.63. The van der Waals surface area contributed by atoms with Crippen LogP contribution in [0.3, 0.4) is 0 Å². The highest BCUT2D eigenvalue weighted by atomic mass is 32.1. The Morgan fingerprint density at radius 1 is 1.03 bits per heavy atom. The molecule has 1 amide bonds. The molecule has 0 unspecified atom stereocenters. The van der Waals surface area contributed by atoms with E-state index in [2.05, 4.69) is 38.0 Å². The van der Waals surface area contributed by atoms with E-state index in [0.29, 0.717) is 5.01 Å². The molecule has 6 heteroatoms. The number of fused-ring (bicyclic) bond motifs is 1. The van der Waals surface area contributed by atoms with Crippen LogP contribution in [-0.4, -0.2) is 23.5 Å². The SMILES string of the molecule is CC(C)c1cccc(C(C)C)c1NC(=O)COC(=O)/C=C/c1nc2ccccc2s1. The third-order valence-corrected chi connectivity index (χ3v) is 5.66. The highest BCUT2D eigenvalue weighted by molar-refractivity contribution is 7.19. The van der Waals surface area contributed by atoms with Crippen LogP contribution in [0.5, 0.6) is 0 Å². The molecule has 30 heavy (non-hydrogen) atoms. The summed E-state index contributed by atoms with van der Waals surface area (Å²) in [5, 5.41) is 3.65. The number of benzene rings is 2. The predicted molar refractivity (Wildman–Crippen MR) is 123 cm³/mol. The second kappa shape index (κ2) is 9.67. The Kier molecular flexibility index (Phi) is 7.00. The van der Waals surface area contributed by atoms with Crippen molar-refractivity contribution in [2.75, 3.05) is 11.9 Å². The Morgan fingerprint density at radius 3 is 2.33 bits per heavy atom. The van der Waals surface area contributed by atoms with Crippen molar-refractivity contribution in [2.45, 2.75) is 39.5 Å². The summed E-state index contributed by atoms with van der Waals surface area (Å²) >= 11 is 1.49. The fourth-order valence-corrected chi connectivity index (χ4v) is 4.03. The summed E-state index contributed by atoms with van der Waals surface area (Å²) in [6, 6.07) is 13.8. The lowest BCUT2D eigenvalue weighted by Gasteiger charge is -2.20. The van der Waals surface area contributed by atoms with Gasteiger partial charge in [0.05, 0.1) is 10.2 Å². The summed E-state index contributed by atoms with van der Waals surface area (Å²) < 4.78 is 6.16. The monoisotopic (exact) mass is 422 g/mol. The fraction of sp³-hybridized carbons (Fsp3) is 0.292. The average Bonchev–Trinajstić information content (AvgIpc) is 3.13. The molecule has 0 fully saturated rings. The van der Waals surface area contributed by atoms with Gasteiger partial charge in [-0.1, -0.05) is 58.0 Å².